The minimum Gasteiger partial charge on any atom is -0.356 e. The van der Waals surface area contributed by atoms with Gasteiger partial charge in [-0.05, 0) is 37.5 Å². The summed E-state index contributed by atoms with van der Waals surface area (Å²) in [6.45, 7) is 2.09. The van der Waals surface area contributed by atoms with Crippen molar-refractivity contribution in [2.75, 3.05) is 23.3 Å². The van der Waals surface area contributed by atoms with E-state index in [4.69, 9.17) is 23.2 Å². The van der Waals surface area contributed by atoms with Crippen LogP contribution in [0.15, 0.2) is 30.5 Å². The zero-order valence-corrected chi connectivity index (χ0v) is 13.0. The normalized spacial score (nSPS) is 15.0. The lowest BCUT2D eigenvalue weighted by Gasteiger charge is -2.27. The van der Waals surface area contributed by atoms with Crippen LogP contribution in [0.1, 0.15) is 19.3 Å². The maximum absolute atomic E-state index is 6.15. The molecule has 1 aliphatic rings. The quantitative estimate of drug-likeness (QED) is 0.902. The molecule has 0 bridgehead atoms. The van der Waals surface area contributed by atoms with Crippen molar-refractivity contribution in [1.82, 2.24) is 9.97 Å². The number of nitrogens with one attached hydrogen (secondary N) is 1. The molecular weight excluding hydrogens is 307 g/mol. The number of piperidine rings is 1. The first kappa shape index (κ1) is 14.4. The third kappa shape index (κ3) is 3.39. The van der Waals surface area contributed by atoms with Crippen molar-refractivity contribution in [2.24, 2.45) is 0 Å². The SMILES string of the molecule is Clc1cccc(Cl)c1Nc1nccc(N2CCCCC2)n1. The van der Waals surface area contributed by atoms with Crippen molar-refractivity contribution in [1.29, 1.82) is 0 Å². The van der Waals surface area contributed by atoms with E-state index < -0.39 is 0 Å². The fourth-order valence-corrected chi connectivity index (χ4v) is 2.93. The molecular formula is C15H16Cl2N4. The van der Waals surface area contributed by atoms with Crippen LogP contribution in [0.2, 0.25) is 10.0 Å². The largest absolute Gasteiger partial charge is 0.356 e. The third-order valence-electron chi connectivity index (χ3n) is 3.52. The third-order valence-corrected chi connectivity index (χ3v) is 4.15. The Hall–Kier alpha value is -1.52. The van der Waals surface area contributed by atoms with Gasteiger partial charge in [-0.3, -0.25) is 0 Å². The van der Waals surface area contributed by atoms with Crippen molar-refractivity contribution in [3.63, 3.8) is 0 Å². The Labute approximate surface area is 134 Å². The fraction of sp³-hybridized carbons (Fsp3) is 0.333. The van der Waals surface area contributed by atoms with Gasteiger partial charge >= 0.3 is 0 Å². The van der Waals surface area contributed by atoms with Gasteiger partial charge in [-0.25, -0.2) is 4.98 Å². The summed E-state index contributed by atoms with van der Waals surface area (Å²) in [5, 5.41) is 4.21. The number of para-hydroxylation sites is 1. The van der Waals surface area contributed by atoms with Gasteiger partial charge in [0.15, 0.2) is 0 Å². The van der Waals surface area contributed by atoms with Gasteiger partial charge in [0.05, 0.1) is 15.7 Å². The molecule has 1 aliphatic heterocycles. The smallest absolute Gasteiger partial charge is 0.229 e. The van der Waals surface area contributed by atoms with Crippen LogP contribution in [0.4, 0.5) is 17.5 Å². The number of hydrogen-bond donors (Lipinski definition) is 1. The zero-order chi connectivity index (χ0) is 14.7. The zero-order valence-electron chi connectivity index (χ0n) is 11.5. The monoisotopic (exact) mass is 322 g/mol. The van der Waals surface area contributed by atoms with E-state index in [0.29, 0.717) is 21.7 Å². The van der Waals surface area contributed by atoms with Gasteiger partial charge in [-0.15, -0.1) is 0 Å². The molecule has 0 spiro atoms. The van der Waals surface area contributed by atoms with E-state index in [-0.39, 0.29) is 0 Å². The molecule has 2 heterocycles. The number of aromatic nitrogens is 2. The lowest BCUT2D eigenvalue weighted by molar-refractivity contribution is 0.573. The van der Waals surface area contributed by atoms with Crippen LogP contribution in [0.3, 0.4) is 0 Å². The predicted molar refractivity (Wildman–Crippen MR) is 87.8 cm³/mol. The Balaban J connectivity index is 1.83. The Morgan fingerprint density at radius 1 is 1.00 bits per heavy atom. The first-order valence-electron chi connectivity index (χ1n) is 7.03. The molecule has 2 aromatic rings. The van der Waals surface area contributed by atoms with Crippen LogP contribution in [-0.2, 0) is 0 Å². The van der Waals surface area contributed by atoms with Crippen molar-refractivity contribution < 1.29 is 0 Å². The summed E-state index contributed by atoms with van der Waals surface area (Å²) in [5.74, 6) is 1.45. The van der Waals surface area contributed by atoms with Gasteiger partial charge < -0.3 is 10.2 Å². The Bertz CT molecular complexity index is 607. The highest BCUT2D eigenvalue weighted by atomic mass is 35.5. The maximum Gasteiger partial charge on any atom is 0.229 e. The molecule has 110 valence electrons. The molecule has 1 aromatic heterocycles. The Morgan fingerprint density at radius 3 is 2.43 bits per heavy atom. The highest BCUT2D eigenvalue weighted by molar-refractivity contribution is 6.39. The maximum atomic E-state index is 6.15. The summed E-state index contributed by atoms with van der Waals surface area (Å²) >= 11 is 12.3. The number of halogens is 2. The molecule has 0 radical (unpaired) electrons. The summed E-state index contributed by atoms with van der Waals surface area (Å²) in [5.41, 5.74) is 0.636. The van der Waals surface area contributed by atoms with Crippen LogP contribution in [0.5, 0.6) is 0 Å². The fourth-order valence-electron chi connectivity index (χ4n) is 2.44. The van der Waals surface area contributed by atoms with Crippen molar-refractivity contribution in [2.45, 2.75) is 19.3 Å². The van der Waals surface area contributed by atoms with Gasteiger partial charge in [0.1, 0.15) is 5.82 Å². The minimum atomic E-state index is 0.507. The molecule has 21 heavy (non-hydrogen) atoms. The lowest BCUT2D eigenvalue weighted by atomic mass is 10.1. The predicted octanol–water partition coefficient (Wildman–Crippen LogP) is 4.52. The summed E-state index contributed by atoms with van der Waals surface area (Å²) in [4.78, 5) is 11.1. The van der Waals surface area contributed by atoms with Gasteiger partial charge in [-0.2, -0.15) is 4.98 Å². The van der Waals surface area contributed by atoms with Crippen LogP contribution in [-0.4, -0.2) is 23.1 Å². The van der Waals surface area contributed by atoms with E-state index in [0.717, 1.165) is 18.9 Å². The average molecular weight is 323 g/mol. The summed E-state index contributed by atoms with van der Waals surface area (Å²) in [6.07, 6.45) is 5.47. The molecule has 0 saturated carbocycles. The average Bonchev–Trinajstić information content (AvgIpc) is 2.52. The minimum absolute atomic E-state index is 0.507. The van der Waals surface area contributed by atoms with E-state index in [1.54, 1.807) is 24.4 Å². The number of hydrogen-bond acceptors (Lipinski definition) is 4. The van der Waals surface area contributed by atoms with Gasteiger partial charge in [0, 0.05) is 19.3 Å². The molecule has 1 saturated heterocycles. The molecule has 4 nitrogen and oxygen atoms in total. The highest BCUT2D eigenvalue weighted by Crippen LogP contribution is 2.31. The molecule has 0 unspecified atom stereocenters. The van der Waals surface area contributed by atoms with Crippen molar-refractivity contribution >= 4 is 40.7 Å². The molecule has 0 atom stereocenters. The second-order valence-electron chi connectivity index (χ2n) is 5.01. The van der Waals surface area contributed by atoms with Gasteiger partial charge in [0.25, 0.3) is 0 Å². The van der Waals surface area contributed by atoms with E-state index >= 15 is 0 Å². The second kappa shape index (κ2) is 6.50. The molecule has 1 N–H and O–H groups in total. The Kier molecular flexibility index (Phi) is 4.46. The lowest BCUT2D eigenvalue weighted by Crippen LogP contribution is -2.30. The van der Waals surface area contributed by atoms with Crippen LogP contribution in [0.25, 0.3) is 0 Å². The van der Waals surface area contributed by atoms with E-state index in [2.05, 4.69) is 20.2 Å². The highest BCUT2D eigenvalue weighted by Gasteiger charge is 2.13. The van der Waals surface area contributed by atoms with Crippen LogP contribution in [0, 0.1) is 0 Å². The number of rotatable bonds is 3. The van der Waals surface area contributed by atoms with Crippen LogP contribution >= 0.6 is 23.2 Å². The first-order valence-corrected chi connectivity index (χ1v) is 7.79. The molecule has 0 aliphatic carbocycles. The first-order chi connectivity index (χ1) is 10.2. The second-order valence-corrected chi connectivity index (χ2v) is 5.82. The number of benzene rings is 1. The van der Waals surface area contributed by atoms with Gasteiger partial charge in [0.2, 0.25) is 5.95 Å². The van der Waals surface area contributed by atoms with Crippen molar-refractivity contribution in [3.8, 4) is 0 Å². The molecule has 1 aromatic carbocycles. The number of anilines is 3. The summed E-state index contributed by atoms with van der Waals surface area (Å²) < 4.78 is 0. The standard InChI is InChI=1S/C15H16Cl2N4/c16-11-5-4-6-12(17)14(11)20-15-18-8-7-13(19-15)21-9-2-1-3-10-21/h4-8H,1-3,9-10H2,(H,18,19,20). The van der Waals surface area contributed by atoms with E-state index in [1.807, 2.05) is 6.07 Å². The summed E-state index contributed by atoms with van der Waals surface area (Å²) in [7, 11) is 0. The summed E-state index contributed by atoms with van der Waals surface area (Å²) in [6, 6.07) is 7.31. The van der Waals surface area contributed by atoms with Crippen LogP contribution < -0.4 is 10.2 Å². The molecule has 1 fully saturated rings. The molecule has 6 heteroatoms. The Morgan fingerprint density at radius 2 is 1.71 bits per heavy atom. The van der Waals surface area contributed by atoms with E-state index in [1.165, 1.54) is 19.3 Å². The topological polar surface area (TPSA) is 41.1 Å². The van der Waals surface area contributed by atoms with Gasteiger partial charge in [-0.1, -0.05) is 29.3 Å². The van der Waals surface area contributed by atoms with E-state index in [9.17, 15) is 0 Å². The number of nitrogens with zero attached hydrogens (tertiary/aromatic N) is 3. The molecule has 0 amide bonds. The molecule has 3 rings (SSSR count). The van der Waals surface area contributed by atoms with Crippen molar-refractivity contribution in [3.05, 3.63) is 40.5 Å².